The summed E-state index contributed by atoms with van der Waals surface area (Å²) < 4.78 is 53.9. The number of halogens is 4. The van der Waals surface area contributed by atoms with Gasteiger partial charge in [-0.05, 0) is 48.7 Å². The molecule has 1 aromatic carbocycles. The summed E-state index contributed by atoms with van der Waals surface area (Å²) in [5.74, 6) is -1.71. The Labute approximate surface area is 179 Å². The highest BCUT2D eigenvalue weighted by molar-refractivity contribution is 6.07. The minimum absolute atomic E-state index is 0.00925. The largest absolute Gasteiger partial charge is 0.417 e. The van der Waals surface area contributed by atoms with Crippen LogP contribution in [-0.2, 0) is 11.0 Å². The summed E-state index contributed by atoms with van der Waals surface area (Å²) in [5.41, 5.74) is -1.31. The highest BCUT2D eigenvalue weighted by Gasteiger charge is 2.35. The normalized spacial score (nSPS) is 13.5. The van der Waals surface area contributed by atoms with E-state index in [9.17, 15) is 27.2 Å². The van der Waals surface area contributed by atoms with Gasteiger partial charge in [-0.1, -0.05) is 6.07 Å². The zero-order valence-corrected chi connectivity index (χ0v) is 16.4. The van der Waals surface area contributed by atoms with Crippen LogP contribution < -0.4 is 10.6 Å². The molecule has 1 saturated carbocycles. The third-order valence-electron chi connectivity index (χ3n) is 4.87. The highest BCUT2D eigenvalue weighted by atomic mass is 19.4. The summed E-state index contributed by atoms with van der Waals surface area (Å²) in [6.07, 6.45) is 0.614. The molecule has 2 amide bonds. The van der Waals surface area contributed by atoms with Crippen molar-refractivity contribution in [2.45, 2.75) is 19.0 Å². The molecule has 10 heteroatoms. The van der Waals surface area contributed by atoms with Crippen LogP contribution in [0, 0.1) is 11.7 Å². The highest BCUT2D eigenvalue weighted by Crippen LogP contribution is 2.39. The van der Waals surface area contributed by atoms with Gasteiger partial charge in [-0.25, -0.2) is 9.37 Å². The fraction of sp³-hybridized carbons (Fsp3) is 0.182. The number of amides is 2. The predicted molar refractivity (Wildman–Crippen MR) is 108 cm³/mol. The molecule has 0 spiro atoms. The smallest absolute Gasteiger partial charge is 0.320 e. The number of hydrogen-bond acceptors (Lipinski definition) is 4. The Kier molecular flexibility index (Phi) is 5.60. The van der Waals surface area contributed by atoms with Gasteiger partial charge in [0.05, 0.1) is 17.4 Å². The summed E-state index contributed by atoms with van der Waals surface area (Å²) in [4.78, 5) is 32.5. The van der Waals surface area contributed by atoms with Gasteiger partial charge in [-0.2, -0.15) is 13.2 Å². The number of carbonyl (C=O) groups is 2. The van der Waals surface area contributed by atoms with Crippen molar-refractivity contribution in [2.75, 3.05) is 10.6 Å². The summed E-state index contributed by atoms with van der Waals surface area (Å²) in [7, 11) is 0. The molecule has 1 aliphatic carbocycles. The summed E-state index contributed by atoms with van der Waals surface area (Å²) in [6, 6.07) is 6.38. The van der Waals surface area contributed by atoms with Crippen LogP contribution in [0.25, 0.3) is 11.1 Å². The van der Waals surface area contributed by atoms with Gasteiger partial charge in [0.2, 0.25) is 5.91 Å². The van der Waals surface area contributed by atoms with E-state index in [4.69, 9.17) is 0 Å². The van der Waals surface area contributed by atoms with Crippen LogP contribution in [0.5, 0.6) is 0 Å². The van der Waals surface area contributed by atoms with Gasteiger partial charge in [-0.3, -0.25) is 14.6 Å². The van der Waals surface area contributed by atoms with Crippen LogP contribution in [0.1, 0.15) is 28.8 Å². The van der Waals surface area contributed by atoms with Gasteiger partial charge in [0.25, 0.3) is 5.91 Å². The molecule has 3 aromatic rings. The summed E-state index contributed by atoms with van der Waals surface area (Å²) in [6.45, 7) is 0. The first-order chi connectivity index (χ1) is 15.2. The molecular weight excluding hydrogens is 428 g/mol. The van der Waals surface area contributed by atoms with Crippen LogP contribution >= 0.6 is 0 Å². The lowest BCUT2D eigenvalue weighted by Crippen LogP contribution is -2.17. The van der Waals surface area contributed by atoms with Crippen molar-refractivity contribution in [1.82, 2.24) is 9.97 Å². The Morgan fingerprint density at radius 2 is 1.75 bits per heavy atom. The molecule has 2 aromatic heterocycles. The molecule has 2 N–H and O–H groups in total. The minimum Gasteiger partial charge on any atom is -0.320 e. The maximum Gasteiger partial charge on any atom is 0.417 e. The van der Waals surface area contributed by atoms with Crippen molar-refractivity contribution in [3.8, 4) is 11.1 Å². The Morgan fingerprint density at radius 3 is 2.47 bits per heavy atom. The maximum absolute atomic E-state index is 13.5. The maximum atomic E-state index is 13.5. The monoisotopic (exact) mass is 444 g/mol. The molecular formula is C22H16F4N4O2. The van der Waals surface area contributed by atoms with E-state index >= 15 is 0 Å². The number of aromatic nitrogens is 2. The molecule has 0 aliphatic heterocycles. The second-order valence-electron chi connectivity index (χ2n) is 7.26. The SMILES string of the molecule is O=C(Nc1cnccc1-c1ccc(F)cc1C(F)(F)F)c1ccnc(NC(=O)C2CC2)c1. The van der Waals surface area contributed by atoms with Gasteiger partial charge >= 0.3 is 6.18 Å². The van der Waals surface area contributed by atoms with Gasteiger partial charge in [-0.15, -0.1) is 0 Å². The number of alkyl halides is 3. The fourth-order valence-corrected chi connectivity index (χ4v) is 3.12. The Bertz CT molecular complexity index is 1190. The summed E-state index contributed by atoms with van der Waals surface area (Å²) in [5, 5.41) is 5.16. The minimum atomic E-state index is -4.80. The quantitative estimate of drug-likeness (QED) is 0.548. The van der Waals surface area contributed by atoms with Crippen LogP contribution in [0.3, 0.4) is 0 Å². The van der Waals surface area contributed by atoms with Crippen molar-refractivity contribution in [3.63, 3.8) is 0 Å². The molecule has 2 heterocycles. The molecule has 6 nitrogen and oxygen atoms in total. The van der Waals surface area contributed by atoms with E-state index in [0.29, 0.717) is 6.07 Å². The first kappa shape index (κ1) is 21.4. The number of rotatable bonds is 5. The number of benzene rings is 1. The van der Waals surface area contributed by atoms with E-state index in [1.807, 2.05) is 0 Å². The van der Waals surface area contributed by atoms with Gasteiger partial charge in [0.15, 0.2) is 0 Å². The standard InChI is InChI=1S/C22H16F4N4O2/c23-14-3-4-15(17(10-14)22(24,25)26)16-6-7-27-11-18(16)29-21(32)13-5-8-28-19(9-13)30-20(31)12-1-2-12/h3-12H,1-2H2,(H,29,32)(H,28,30,31). The van der Waals surface area contributed by atoms with Gasteiger partial charge in [0.1, 0.15) is 11.6 Å². The molecule has 0 unspecified atom stereocenters. The van der Waals surface area contributed by atoms with Crippen molar-refractivity contribution in [3.05, 3.63) is 71.9 Å². The summed E-state index contributed by atoms with van der Waals surface area (Å²) >= 11 is 0. The molecule has 0 bridgehead atoms. The van der Waals surface area contributed by atoms with E-state index in [0.717, 1.165) is 25.0 Å². The van der Waals surface area contributed by atoms with Gasteiger partial charge < -0.3 is 10.6 Å². The lowest BCUT2D eigenvalue weighted by Gasteiger charge is -2.16. The van der Waals surface area contributed by atoms with Gasteiger partial charge in [0, 0.05) is 29.4 Å². The average Bonchev–Trinajstić information content (AvgIpc) is 3.59. The van der Waals surface area contributed by atoms with Crippen LogP contribution in [0.2, 0.25) is 0 Å². The molecule has 0 atom stereocenters. The van der Waals surface area contributed by atoms with E-state index in [1.165, 1.54) is 36.8 Å². The number of carbonyl (C=O) groups excluding carboxylic acids is 2. The third-order valence-corrected chi connectivity index (χ3v) is 4.87. The van der Waals surface area contributed by atoms with Crippen molar-refractivity contribution < 1.29 is 27.2 Å². The number of nitrogens with zero attached hydrogens (tertiary/aromatic N) is 2. The zero-order chi connectivity index (χ0) is 22.9. The van der Waals surface area contributed by atoms with Crippen molar-refractivity contribution in [1.29, 1.82) is 0 Å². The molecule has 32 heavy (non-hydrogen) atoms. The molecule has 4 rings (SSSR count). The molecule has 1 aliphatic rings. The Morgan fingerprint density at radius 1 is 0.969 bits per heavy atom. The topological polar surface area (TPSA) is 84.0 Å². The molecule has 0 saturated heterocycles. The second-order valence-corrected chi connectivity index (χ2v) is 7.26. The van der Waals surface area contributed by atoms with Crippen LogP contribution in [0.4, 0.5) is 29.1 Å². The number of nitrogens with one attached hydrogen (secondary N) is 2. The van der Waals surface area contributed by atoms with E-state index in [1.54, 1.807) is 0 Å². The zero-order valence-electron chi connectivity index (χ0n) is 16.4. The predicted octanol–water partition coefficient (Wildman–Crippen LogP) is 4.90. The van der Waals surface area contributed by atoms with E-state index in [2.05, 4.69) is 20.6 Å². The van der Waals surface area contributed by atoms with Crippen LogP contribution in [0.15, 0.2) is 55.0 Å². The number of anilines is 2. The lowest BCUT2D eigenvalue weighted by molar-refractivity contribution is -0.137. The first-order valence-electron chi connectivity index (χ1n) is 9.62. The van der Waals surface area contributed by atoms with Crippen molar-refractivity contribution >= 4 is 23.3 Å². The van der Waals surface area contributed by atoms with Crippen LogP contribution in [-0.4, -0.2) is 21.8 Å². The van der Waals surface area contributed by atoms with Crippen molar-refractivity contribution in [2.24, 2.45) is 5.92 Å². The Balaban J connectivity index is 1.62. The number of pyridine rings is 2. The van der Waals surface area contributed by atoms with E-state index < -0.39 is 23.5 Å². The lowest BCUT2D eigenvalue weighted by atomic mass is 9.98. The van der Waals surface area contributed by atoms with E-state index in [-0.39, 0.29) is 40.0 Å². The molecule has 164 valence electrons. The number of hydrogen-bond donors (Lipinski definition) is 2. The molecule has 1 fully saturated rings. The molecule has 0 radical (unpaired) electrons. The fourth-order valence-electron chi connectivity index (χ4n) is 3.12. The second kappa shape index (κ2) is 8.37. The third kappa shape index (κ3) is 4.74. The average molecular weight is 444 g/mol. The Hall–Kier alpha value is -3.82. The first-order valence-corrected chi connectivity index (χ1v) is 9.62.